The lowest BCUT2D eigenvalue weighted by Crippen LogP contribution is -2.46. The Morgan fingerprint density at radius 3 is 2.60 bits per heavy atom. The average Bonchev–Trinajstić information content (AvgIpc) is 2.61. The molecule has 0 spiro atoms. The molecule has 1 aromatic rings. The molecule has 1 aromatic carbocycles. The third-order valence-corrected chi connectivity index (χ3v) is 5.40. The van der Waals surface area contributed by atoms with Gasteiger partial charge in [0.2, 0.25) is 15.9 Å². The molecule has 2 rings (SSSR count). The summed E-state index contributed by atoms with van der Waals surface area (Å²) < 4.78 is 31.4. The first-order valence-electron chi connectivity index (χ1n) is 8.11. The molecule has 1 saturated heterocycles. The molecule has 1 aliphatic rings. The lowest BCUT2D eigenvalue weighted by molar-refractivity contribution is -0.123. The first-order valence-corrected chi connectivity index (χ1v) is 9.60. The fourth-order valence-electron chi connectivity index (χ4n) is 2.54. The maximum atomic E-state index is 12.1. The summed E-state index contributed by atoms with van der Waals surface area (Å²) in [6, 6.07) is 6.37. The average molecular weight is 392 g/mol. The van der Waals surface area contributed by atoms with Gasteiger partial charge < -0.3 is 15.4 Å². The molecule has 1 unspecified atom stereocenters. The number of halogens is 1. The van der Waals surface area contributed by atoms with Gasteiger partial charge in [-0.2, -0.15) is 0 Å². The van der Waals surface area contributed by atoms with Crippen LogP contribution in [0.4, 0.5) is 0 Å². The highest BCUT2D eigenvalue weighted by Gasteiger charge is 2.20. The zero-order valence-electron chi connectivity index (χ0n) is 14.3. The zero-order valence-corrected chi connectivity index (χ0v) is 15.9. The number of rotatable bonds is 8. The van der Waals surface area contributed by atoms with Crippen molar-refractivity contribution in [2.24, 2.45) is 0 Å². The summed E-state index contributed by atoms with van der Waals surface area (Å²) in [6.45, 7) is 1.80. The van der Waals surface area contributed by atoms with Crippen LogP contribution in [0.15, 0.2) is 29.2 Å². The minimum absolute atomic E-state index is 0. The van der Waals surface area contributed by atoms with Crippen LogP contribution in [0.5, 0.6) is 0 Å². The van der Waals surface area contributed by atoms with E-state index in [1.807, 2.05) is 0 Å². The van der Waals surface area contributed by atoms with Crippen LogP contribution in [0.3, 0.4) is 0 Å². The highest BCUT2D eigenvalue weighted by Crippen LogP contribution is 2.11. The minimum Gasteiger partial charge on any atom is -0.383 e. The first-order chi connectivity index (χ1) is 11.5. The lowest BCUT2D eigenvalue weighted by Gasteiger charge is -2.22. The summed E-state index contributed by atoms with van der Waals surface area (Å²) in [6.07, 6.45) is 3.03. The molecule has 3 N–H and O–H groups in total. The number of methoxy groups -OCH3 is 1. The van der Waals surface area contributed by atoms with E-state index in [9.17, 15) is 13.2 Å². The second kappa shape index (κ2) is 10.7. The van der Waals surface area contributed by atoms with E-state index in [1.165, 1.54) is 19.2 Å². The Labute approximate surface area is 155 Å². The number of nitrogens with one attached hydrogen (secondary N) is 3. The maximum absolute atomic E-state index is 12.1. The predicted octanol–water partition coefficient (Wildman–Crippen LogP) is 0.791. The number of ether oxygens (including phenoxy) is 1. The number of piperidine rings is 1. The van der Waals surface area contributed by atoms with Crippen molar-refractivity contribution >= 4 is 28.3 Å². The summed E-state index contributed by atoms with van der Waals surface area (Å²) in [5.74, 6) is -0.00682. The van der Waals surface area contributed by atoms with Crippen molar-refractivity contribution in [2.75, 3.05) is 26.8 Å². The molecule has 0 aliphatic carbocycles. The molecule has 7 nitrogen and oxygen atoms in total. The molecule has 0 radical (unpaired) electrons. The van der Waals surface area contributed by atoms with Crippen molar-refractivity contribution in [1.82, 2.24) is 15.4 Å². The van der Waals surface area contributed by atoms with Gasteiger partial charge >= 0.3 is 0 Å². The number of benzene rings is 1. The largest absolute Gasteiger partial charge is 0.383 e. The van der Waals surface area contributed by atoms with E-state index in [0.717, 1.165) is 31.4 Å². The highest BCUT2D eigenvalue weighted by molar-refractivity contribution is 7.89. The van der Waals surface area contributed by atoms with Crippen LogP contribution >= 0.6 is 12.4 Å². The molecule has 1 aliphatic heterocycles. The number of carbonyl (C=O) groups is 1. The third-order valence-electron chi connectivity index (χ3n) is 3.93. The van der Waals surface area contributed by atoms with Gasteiger partial charge in [-0.15, -0.1) is 12.4 Å². The Morgan fingerprint density at radius 2 is 2.00 bits per heavy atom. The molecule has 0 aromatic heterocycles. The van der Waals surface area contributed by atoms with Crippen molar-refractivity contribution in [3.05, 3.63) is 29.8 Å². The van der Waals surface area contributed by atoms with Crippen LogP contribution in [0.1, 0.15) is 24.8 Å². The van der Waals surface area contributed by atoms with Gasteiger partial charge in [0.05, 0.1) is 17.5 Å². The minimum atomic E-state index is -3.53. The van der Waals surface area contributed by atoms with Crippen molar-refractivity contribution in [3.63, 3.8) is 0 Å². The number of hydrogen-bond acceptors (Lipinski definition) is 5. The van der Waals surface area contributed by atoms with E-state index in [-0.39, 0.29) is 35.8 Å². The van der Waals surface area contributed by atoms with E-state index in [0.29, 0.717) is 13.2 Å². The van der Waals surface area contributed by atoms with Crippen LogP contribution in [0.25, 0.3) is 0 Å². The summed E-state index contributed by atoms with van der Waals surface area (Å²) in [5, 5.41) is 6.08. The van der Waals surface area contributed by atoms with Gasteiger partial charge in [0, 0.05) is 20.2 Å². The van der Waals surface area contributed by atoms with Gasteiger partial charge in [0.25, 0.3) is 0 Å². The molecular formula is C16H26ClN3O4S. The Bertz CT molecular complexity index is 631. The molecule has 1 heterocycles. The van der Waals surface area contributed by atoms with Crippen LogP contribution in [-0.4, -0.2) is 47.2 Å². The Hall–Kier alpha value is -1.19. The molecule has 25 heavy (non-hydrogen) atoms. The zero-order chi connectivity index (χ0) is 17.4. The summed E-state index contributed by atoms with van der Waals surface area (Å²) in [7, 11) is -2.01. The van der Waals surface area contributed by atoms with Gasteiger partial charge in [-0.1, -0.05) is 18.6 Å². The molecular weight excluding hydrogens is 366 g/mol. The second-order valence-electron chi connectivity index (χ2n) is 5.75. The van der Waals surface area contributed by atoms with Gasteiger partial charge in [0.1, 0.15) is 0 Å². The van der Waals surface area contributed by atoms with Gasteiger partial charge in [-0.25, -0.2) is 13.1 Å². The first kappa shape index (κ1) is 21.9. The molecule has 0 bridgehead atoms. The molecule has 0 saturated carbocycles. The SMILES string of the molecule is COCCNS(=O)(=O)c1ccc(CNC(=O)C2CCCCN2)cc1.Cl. The number of hydrogen-bond donors (Lipinski definition) is 3. The topological polar surface area (TPSA) is 96.5 Å². The molecule has 1 fully saturated rings. The smallest absolute Gasteiger partial charge is 0.240 e. The number of sulfonamides is 1. The molecule has 1 atom stereocenters. The van der Waals surface area contributed by atoms with Crippen molar-refractivity contribution in [1.29, 1.82) is 0 Å². The van der Waals surface area contributed by atoms with Crippen LogP contribution in [-0.2, 0) is 26.1 Å². The molecule has 142 valence electrons. The van der Waals surface area contributed by atoms with E-state index < -0.39 is 10.0 Å². The second-order valence-corrected chi connectivity index (χ2v) is 7.52. The summed E-state index contributed by atoms with van der Waals surface area (Å²) in [4.78, 5) is 12.2. The van der Waals surface area contributed by atoms with Gasteiger partial charge in [-0.05, 0) is 37.1 Å². The quantitative estimate of drug-likeness (QED) is 0.569. The highest BCUT2D eigenvalue weighted by atomic mass is 35.5. The molecule has 1 amide bonds. The molecule has 9 heteroatoms. The lowest BCUT2D eigenvalue weighted by atomic mass is 10.0. The van der Waals surface area contributed by atoms with Crippen LogP contribution in [0, 0.1) is 0 Å². The van der Waals surface area contributed by atoms with Crippen molar-refractivity contribution in [2.45, 2.75) is 36.7 Å². The fourth-order valence-corrected chi connectivity index (χ4v) is 3.55. The van der Waals surface area contributed by atoms with E-state index >= 15 is 0 Å². The standard InChI is InChI=1S/C16H25N3O4S.ClH/c1-23-11-10-19-24(21,22)14-7-5-13(6-8-14)12-18-16(20)15-4-2-3-9-17-15;/h5-8,15,17,19H,2-4,9-12H2,1H3,(H,18,20);1H. The van der Waals surface area contributed by atoms with Gasteiger partial charge in [-0.3, -0.25) is 4.79 Å². The van der Waals surface area contributed by atoms with E-state index in [2.05, 4.69) is 15.4 Å². The summed E-state index contributed by atoms with van der Waals surface area (Å²) >= 11 is 0. The fraction of sp³-hybridized carbons (Fsp3) is 0.562. The number of carbonyl (C=O) groups excluding carboxylic acids is 1. The van der Waals surface area contributed by atoms with E-state index in [1.54, 1.807) is 12.1 Å². The monoisotopic (exact) mass is 391 g/mol. The van der Waals surface area contributed by atoms with Gasteiger partial charge in [0.15, 0.2) is 0 Å². The summed E-state index contributed by atoms with van der Waals surface area (Å²) in [5.41, 5.74) is 0.856. The maximum Gasteiger partial charge on any atom is 0.240 e. The van der Waals surface area contributed by atoms with E-state index in [4.69, 9.17) is 4.74 Å². The normalized spacial score (nSPS) is 17.6. The third kappa shape index (κ3) is 6.91. The Kier molecular flexibility index (Phi) is 9.37. The number of amides is 1. The van der Waals surface area contributed by atoms with Crippen molar-refractivity contribution in [3.8, 4) is 0 Å². The van der Waals surface area contributed by atoms with Crippen LogP contribution < -0.4 is 15.4 Å². The Morgan fingerprint density at radius 1 is 1.28 bits per heavy atom. The van der Waals surface area contributed by atoms with Crippen LogP contribution in [0.2, 0.25) is 0 Å². The predicted molar refractivity (Wildman–Crippen MR) is 98.2 cm³/mol. The Balaban J connectivity index is 0.00000312. The van der Waals surface area contributed by atoms with Crippen molar-refractivity contribution < 1.29 is 17.9 Å².